The molecular formula is C14H25N3O6. The summed E-state index contributed by atoms with van der Waals surface area (Å²) < 4.78 is 0. The van der Waals surface area contributed by atoms with E-state index in [9.17, 15) is 19.2 Å². The molecule has 2 atom stereocenters. The van der Waals surface area contributed by atoms with Crippen molar-refractivity contribution < 1.29 is 29.4 Å². The summed E-state index contributed by atoms with van der Waals surface area (Å²) in [5, 5.41) is 19.9. The van der Waals surface area contributed by atoms with Crippen molar-refractivity contribution in [1.82, 2.24) is 10.2 Å². The van der Waals surface area contributed by atoms with Crippen molar-refractivity contribution in [2.24, 2.45) is 11.7 Å². The van der Waals surface area contributed by atoms with Crippen molar-refractivity contribution in [2.75, 3.05) is 7.05 Å². The number of amides is 2. The molecule has 0 aromatic carbocycles. The predicted molar refractivity (Wildman–Crippen MR) is 81.5 cm³/mol. The third-order valence-corrected chi connectivity index (χ3v) is 3.18. The van der Waals surface area contributed by atoms with Gasteiger partial charge in [-0.3, -0.25) is 14.4 Å². The number of aliphatic carboxylic acids is 2. The molecule has 0 rings (SSSR count). The Morgan fingerprint density at radius 1 is 1.17 bits per heavy atom. The van der Waals surface area contributed by atoms with Gasteiger partial charge in [0.15, 0.2) is 0 Å². The van der Waals surface area contributed by atoms with Gasteiger partial charge in [0.2, 0.25) is 11.8 Å². The molecular weight excluding hydrogens is 306 g/mol. The molecule has 0 aliphatic rings. The van der Waals surface area contributed by atoms with Gasteiger partial charge in [0.05, 0.1) is 12.0 Å². The van der Waals surface area contributed by atoms with E-state index in [0.29, 0.717) is 0 Å². The van der Waals surface area contributed by atoms with Crippen LogP contribution in [0.1, 0.15) is 34.1 Å². The number of hydrogen-bond donors (Lipinski definition) is 4. The van der Waals surface area contributed by atoms with E-state index in [-0.39, 0.29) is 5.92 Å². The maximum absolute atomic E-state index is 12.4. The van der Waals surface area contributed by atoms with E-state index in [1.807, 2.05) is 0 Å². The number of rotatable bonds is 8. The minimum absolute atomic E-state index is 0.328. The average molecular weight is 331 g/mol. The van der Waals surface area contributed by atoms with Crippen LogP contribution in [0, 0.1) is 5.92 Å². The fraction of sp³-hybridized carbons (Fsp3) is 0.714. The SMILES string of the molecule is CC(C)[C@@H](C(=O)N[C@@H](CC(=O)O)C(=O)O)N(C)C(=O)C(C)(C)N. The smallest absolute Gasteiger partial charge is 0.326 e. The Hall–Kier alpha value is -2.16. The zero-order chi connectivity index (χ0) is 18.5. The van der Waals surface area contributed by atoms with Gasteiger partial charge < -0.3 is 26.2 Å². The summed E-state index contributed by atoms with van der Waals surface area (Å²) in [7, 11) is 1.40. The van der Waals surface area contributed by atoms with Crippen LogP contribution in [0.3, 0.4) is 0 Å². The standard InChI is InChI=1S/C14H25N3O6/c1-7(2)10(17(5)13(23)14(3,4)15)11(20)16-8(12(21)22)6-9(18)19/h7-8,10H,6,15H2,1-5H3,(H,16,20)(H,18,19)(H,21,22)/t8-,10-/m0/s1. The van der Waals surface area contributed by atoms with Gasteiger partial charge >= 0.3 is 11.9 Å². The fourth-order valence-electron chi connectivity index (χ4n) is 2.14. The number of nitrogens with two attached hydrogens (primary N) is 1. The number of likely N-dealkylation sites (N-methyl/N-ethyl adjacent to an activating group) is 1. The second-order valence-corrected chi connectivity index (χ2v) is 6.32. The first kappa shape index (κ1) is 20.8. The lowest BCUT2D eigenvalue weighted by molar-refractivity contribution is -0.149. The van der Waals surface area contributed by atoms with Crippen molar-refractivity contribution in [2.45, 2.75) is 51.7 Å². The quantitative estimate of drug-likeness (QED) is 0.457. The molecule has 2 amide bonds. The Bertz CT molecular complexity index is 483. The van der Waals surface area contributed by atoms with Gasteiger partial charge in [0, 0.05) is 7.05 Å². The molecule has 0 aliphatic heterocycles. The van der Waals surface area contributed by atoms with Crippen molar-refractivity contribution in [3.8, 4) is 0 Å². The highest BCUT2D eigenvalue weighted by Crippen LogP contribution is 2.14. The lowest BCUT2D eigenvalue weighted by Gasteiger charge is -2.34. The van der Waals surface area contributed by atoms with E-state index in [4.69, 9.17) is 15.9 Å². The van der Waals surface area contributed by atoms with Crippen LogP contribution in [0.25, 0.3) is 0 Å². The van der Waals surface area contributed by atoms with Crippen molar-refractivity contribution >= 4 is 23.8 Å². The molecule has 5 N–H and O–H groups in total. The summed E-state index contributed by atoms with van der Waals surface area (Å²) in [5.41, 5.74) is 4.54. The number of nitrogens with zero attached hydrogens (tertiary/aromatic N) is 1. The van der Waals surface area contributed by atoms with E-state index in [2.05, 4.69) is 5.32 Å². The molecule has 0 unspecified atom stereocenters. The molecule has 9 heteroatoms. The molecule has 0 saturated carbocycles. The molecule has 0 radical (unpaired) electrons. The number of carboxylic acid groups (broad SMARTS) is 2. The summed E-state index contributed by atoms with van der Waals surface area (Å²) in [5.74, 6) is -4.38. The third-order valence-electron chi connectivity index (χ3n) is 3.18. The number of carbonyl (C=O) groups excluding carboxylic acids is 2. The second-order valence-electron chi connectivity index (χ2n) is 6.32. The summed E-state index contributed by atoms with van der Waals surface area (Å²) in [4.78, 5) is 47.5. The highest BCUT2D eigenvalue weighted by molar-refractivity contribution is 5.93. The van der Waals surface area contributed by atoms with Crippen molar-refractivity contribution in [1.29, 1.82) is 0 Å². The van der Waals surface area contributed by atoms with E-state index < -0.39 is 47.8 Å². The summed E-state index contributed by atoms with van der Waals surface area (Å²) >= 11 is 0. The van der Waals surface area contributed by atoms with Gasteiger partial charge in [-0.25, -0.2) is 4.79 Å². The lowest BCUT2D eigenvalue weighted by atomic mass is 9.97. The zero-order valence-electron chi connectivity index (χ0n) is 14.0. The molecule has 0 fully saturated rings. The monoisotopic (exact) mass is 331 g/mol. The lowest BCUT2D eigenvalue weighted by Crippen LogP contribution is -2.59. The van der Waals surface area contributed by atoms with Gasteiger partial charge in [-0.15, -0.1) is 0 Å². The Morgan fingerprint density at radius 2 is 1.65 bits per heavy atom. The van der Waals surface area contributed by atoms with Crippen molar-refractivity contribution in [3.05, 3.63) is 0 Å². The maximum Gasteiger partial charge on any atom is 0.326 e. The number of hydrogen-bond acceptors (Lipinski definition) is 5. The molecule has 132 valence electrons. The summed E-state index contributed by atoms with van der Waals surface area (Å²) in [6, 6.07) is -2.54. The number of carbonyl (C=O) groups is 4. The normalized spacial score (nSPS) is 14.0. The maximum atomic E-state index is 12.4. The van der Waals surface area contributed by atoms with Crippen LogP contribution in [-0.2, 0) is 19.2 Å². The van der Waals surface area contributed by atoms with Gasteiger partial charge in [-0.05, 0) is 19.8 Å². The minimum atomic E-state index is -1.57. The molecule has 0 heterocycles. The summed E-state index contributed by atoms with van der Waals surface area (Å²) in [6.07, 6.45) is -0.758. The molecule has 0 aliphatic carbocycles. The van der Waals surface area contributed by atoms with Gasteiger partial charge in [-0.1, -0.05) is 13.8 Å². The first-order valence-electron chi connectivity index (χ1n) is 7.10. The van der Waals surface area contributed by atoms with Crippen LogP contribution in [0.2, 0.25) is 0 Å². The Balaban J connectivity index is 5.31. The van der Waals surface area contributed by atoms with Crippen LogP contribution in [-0.4, -0.2) is 63.5 Å². The molecule has 0 spiro atoms. The minimum Gasteiger partial charge on any atom is -0.481 e. The molecule has 23 heavy (non-hydrogen) atoms. The molecule has 0 saturated heterocycles. The number of carboxylic acids is 2. The van der Waals surface area contributed by atoms with Crippen LogP contribution in [0.15, 0.2) is 0 Å². The largest absolute Gasteiger partial charge is 0.481 e. The predicted octanol–water partition coefficient (Wildman–Crippen LogP) is -0.749. The van der Waals surface area contributed by atoms with Crippen LogP contribution in [0.5, 0.6) is 0 Å². The van der Waals surface area contributed by atoms with Crippen LogP contribution in [0.4, 0.5) is 0 Å². The fourth-order valence-corrected chi connectivity index (χ4v) is 2.14. The highest BCUT2D eigenvalue weighted by Gasteiger charge is 2.36. The molecule has 0 bridgehead atoms. The van der Waals surface area contributed by atoms with E-state index in [0.717, 1.165) is 4.90 Å². The summed E-state index contributed by atoms with van der Waals surface area (Å²) in [6.45, 7) is 6.35. The van der Waals surface area contributed by atoms with E-state index in [1.54, 1.807) is 13.8 Å². The second kappa shape index (κ2) is 7.91. The Morgan fingerprint density at radius 3 is 1.96 bits per heavy atom. The first-order valence-corrected chi connectivity index (χ1v) is 7.10. The van der Waals surface area contributed by atoms with Crippen LogP contribution < -0.4 is 11.1 Å². The van der Waals surface area contributed by atoms with Gasteiger partial charge in [0.25, 0.3) is 0 Å². The average Bonchev–Trinajstić information content (AvgIpc) is 2.34. The molecule has 0 aromatic rings. The molecule has 9 nitrogen and oxygen atoms in total. The van der Waals surface area contributed by atoms with E-state index in [1.165, 1.54) is 20.9 Å². The third kappa shape index (κ3) is 6.23. The van der Waals surface area contributed by atoms with E-state index >= 15 is 0 Å². The molecule has 0 aromatic heterocycles. The van der Waals surface area contributed by atoms with Crippen molar-refractivity contribution in [3.63, 3.8) is 0 Å². The Labute approximate surface area is 134 Å². The van der Waals surface area contributed by atoms with Gasteiger partial charge in [-0.2, -0.15) is 0 Å². The highest BCUT2D eigenvalue weighted by atomic mass is 16.4. The zero-order valence-corrected chi connectivity index (χ0v) is 14.0. The Kier molecular flexibility index (Phi) is 7.17. The number of nitrogens with one attached hydrogen (secondary N) is 1. The van der Waals surface area contributed by atoms with Crippen LogP contribution >= 0.6 is 0 Å². The first-order chi connectivity index (χ1) is 10.3. The van der Waals surface area contributed by atoms with Gasteiger partial charge in [0.1, 0.15) is 12.1 Å². The topological polar surface area (TPSA) is 150 Å².